The van der Waals surface area contributed by atoms with Crippen molar-refractivity contribution in [2.75, 3.05) is 6.54 Å². The lowest BCUT2D eigenvalue weighted by atomic mass is 10.2. The molecule has 2 aromatic rings. The fraction of sp³-hybridized carbons (Fsp3) is 0.250. The third-order valence-corrected chi connectivity index (χ3v) is 3.78. The van der Waals surface area contributed by atoms with E-state index in [2.05, 4.69) is 15.3 Å². The largest absolute Gasteiger partial charge is 0.434 e. The molecule has 1 amide bonds. The maximum Gasteiger partial charge on any atom is 0.434 e. The lowest BCUT2D eigenvalue weighted by Gasteiger charge is -2.04. The van der Waals surface area contributed by atoms with E-state index in [9.17, 15) is 18.0 Å². The molecule has 0 atom stereocenters. The molecule has 0 fully saturated rings. The standard InChI is InChI=1S/C12H10F3N3OS2/c13-12(14,15)8-6-21-9(18-8)3-5-16-10(19)7-2-1-4-17-11(7)20/h1-2,4,6H,3,5H2,(H,16,19)(H,17,20). The first-order chi connectivity index (χ1) is 9.88. The molecule has 21 heavy (non-hydrogen) atoms. The van der Waals surface area contributed by atoms with E-state index in [4.69, 9.17) is 12.2 Å². The molecule has 0 radical (unpaired) electrons. The van der Waals surface area contributed by atoms with Crippen LogP contribution < -0.4 is 5.32 Å². The summed E-state index contributed by atoms with van der Waals surface area (Å²) in [5.41, 5.74) is -0.582. The first-order valence-corrected chi connectivity index (χ1v) is 7.14. The van der Waals surface area contributed by atoms with Crippen LogP contribution in [0.2, 0.25) is 0 Å². The van der Waals surface area contributed by atoms with Crippen LogP contribution in [-0.4, -0.2) is 22.4 Å². The van der Waals surface area contributed by atoms with Crippen LogP contribution in [0.1, 0.15) is 21.1 Å². The number of carbonyl (C=O) groups excluding carboxylic acids is 1. The van der Waals surface area contributed by atoms with E-state index in [1.165, 1.54) is 0 Å². The summed E-state index contributed by atoms with van der Waals surface area (Å²) in [7, 11) is 0. The van der Waals surface area contributed by atoms with Gasteiger partial charge in [-0.15, -0.1) is 11.3 Å². The van der Waals surface area contributed by atoms with Crippen LogP contribution in [0, 0.1) is 4.64 Å². The Hall–Kier alpha value is -1.74. The lowest BCUT2D eigenvalue weighted by Crippen LogP contribution is -2.26. The van der Waals surface area contributed by atoms with Gasteiger partial charge in [-0.3, -0.25) is 4.79 Å². The summed E-state index contributed by atoms with van der Waals surface area (Å²) >= 11 is 5.88. The molecule has 0 aromatic carbocycles. The first-order valence-electron chi connectivity index (χ1n) is 5.85. The van der Waals surface area contributed by atoms with E-state index >= 15 is 0 Å². The minimum absolute atomic E-state index is 0.188. The first kappa shape index (κ1) is 15.6. The predicted molar refractivity (Wildman–Crippen MR) is 74.8 cm³/mol. The van der Waals surface area contributed by atoms with Crippen LogP contribution in [0.5, 0.6) is 0 Å². The van der Waals surface area contributed by atoms with Gasteiger partial charge in [0.25, 0.3) is 5.91 Å². The molecule has 0 unspecified atom stereocenters. The van der Waals surface area contributed by atoms with E-state index in [-0.39, 0.29) is 18.9 Å². The number of amides is 1. The summed E-state index contributed by atoms with van der Waals surface area (Å²) in [6.07, 6.45) is -2.60. The Morgan fingerprint density at radius 1 is 1.48 bits per heavy atom. The number of pyridine rings is 1. The van der Waals surface area contributed by atoms with E-state index < -0.39 is 11.9 Å². The second-order valence-corrected chi connectivity index (χ2v) is 5.39. The quantitative estimate of drug-likeness (QED) is 0.845. The third-order valence-electron chi connectivity index (χ3n) is 2.53. The maximum absolute atomic E-state index is 12.4. The molecule has 0 aliphatic heterocycles. The van der Waals surface area contributed by atoms with Gasteiger partial charge < -0.3 is 10.3 Å². The SMILES string of the molecule is O=C(NCCc1nc(C(F)(F)F)cs1)c1ccc[nH]c1=S. The topological polar surface area (TPSA) is 57.8 Å². The number of hydrogen-bond acceptors (Lipinski definition) is 4. The molecule has 112 valence electrons. The minimum atomic E-state index is -4.44. The monoisotopic (exact) mass is 333 g/mol. The Morgan fingerprint density at radius 2 is 2.24 bits per heavy atom. The van der Waals surface area contributed by atoms with Crippen LogP contribution in [0.4, 0.5) is 13.2 Å². The van der Waals surface area contributed by atoms with Crippen molar-refractivity contribution in [3.8, 4) is 0 Å². The van der Waals surface area contributed by atoms with E-state index in [1.807, 2.05) is 0 Å². The second-order valence-electron chi connectivity index (χ2n) is 4.04. The zero-order chi connectivity index (χ0) is 15.5. The Balaban J connectivity index is 1.90. The molecule has 0 aliphatic rings. The predicted octanol–water partition coefficient (Wildman–Crippen LogP) is 3.19. The van der Waals surface area contributed by atoms with Gasteiger partial charge >= 0.3 is 6.18 Å². The average Bonchev–Trinajstić information content (AvgIpc) is 2.88. The highest BCUT2D eigenvalue weighted by atomic mass is 32.1. The van der Waals surface area contributed by atoms with Gasteiger partial charge in [0.1, 0.15) is 4.64 Å². The summed E-state index contributed by atoms with van der Waals surface area (Å²) < 4.78 is 37.4. The molecule has 9 heteroatoms. The molecule has 0 saturated heterocycles. The van der Waals surface area contributed by atoms with Crippen molar-refractivity contribution in [2.45, 2.75) is 12.6 Å². The minimum Gasteiger partial charge on any atom is -0.352 e. The smallest absolute Gasteiger partial charge is 0.352 e. The van der Waals surface area contributed by atoms with E-state index in [0.717, 1.165) is 16.7 Å². The Morgan fingerprint density at radius 3 is 2.86 bits per heavy atom. The number of nitrogens with zero attached hydrogens (tertiary/aromatic N) is 1. The highest BCUT2D eigenvalue weighted by Gasteiger charge is 2.33. The van der Waals surface area contributed by atoms with Crippen molar-refractivity contribution >= 4 is 29.5 Å². The number of aromatic amines is 1. The van der Waals surface area contributed by atoms with E-state index in [0.29, 0.717) is 15.2 Å². The van der Waals surface area contributed by atoms with Crippen molar-refractivity contribution < 1.29 is 18.0 Å². The molecule has 0 spiro atoms. The van der Waals surface area contributed by atoms with Crippen LogP contribution in [0.3, 0.4) is 0 Å². The van der Waals surface area contributed by atoms with E-state index in [1.54, 1.807) is 18.3 Å². The van der Waals surface area contributed by atoms with Crippen molar-refractivity contribution in [1.82, 2.24) is 15.3 Å². The van der Waals surface area contributed by atoms with Gasteiger partial charge in [-0.2, -0.15) is 13.2 Å². The summed E-state index contributed by atoms with van der Waals surface area (Å²) in [4.78, 5) is 18.0. The van der Waals surface area contributed by atoms with Crippen LogP contribution in [-0.2, 0) is 12.6 Å². The van der Waals surface area contributed by atoms with Gasteiger partial charge in [-0.25, -0.2) is 4.98 Å². The molecule has 2 N–H and O–H groups in total. The third kappa shape index (κ3) is 4.11. The fourth-order valence-electron chi connectivity index (χ4n) is 1.53. The van der Waals surface area contributed by atoms with Gasteiger partial charge in [-0.05, 0) is 12.1 Å². The Labute approximate surface area is 127 Å². The summed E-state index contributed by atoms with van der Waals surface area (Å²) in [6, 6.07) is 3.21. The highest BCUT2D eigenvalue weighted by Crippen LogP contribution is 2.29. The fourth-order valence-corrected chi connectivity index (χ4v) is 2.57. The maximum atomic E-state index is 12.4. The average molecular weight is 333 g/mol. The van der Waals surface area contributed by atoms with Crippen LogP contribution >= 0.6 is 23.6 Å². The zero-order valence-electron chi connectivity index (χ0n) is 10.5. The van der Waals surface area contributed by atoms with Gasteiger partial charge in [0.15, 0.2) is 5.69 Å². The molecular formula is C12H10F3N3OS2. The summed E-state index contributed by atoms with van der Waals surface area (Å²) in [5.74, 6) is -0.371. The normalized spacial score (nSPS) is 11.4. The summed E-state index contributed by atoms with van der Waals surface area (Å²) in [5, 5.41) is 3.88. The Kier molecular flexibility index (Phi) is 4.73. The molecule has 0 saturated carbocycles. The highest BCUT2D eigenvalue weighted by molar-refractivity contribution is 7.71. The summed E-state index contributed by atoms with van der Waals surface area (Å²) in [6.45, 7) is 0.188. The van der Waals surface area contributed by atoms with Gasteiger partial charge in [0.05, 0.1) is 10.6 Å². The number of H-pyrrole nitrogens is 1. The lowest BCUT2D eigenvalue weighted by molar-refractivity contribution is -0.140. The zero-order valence-corrected chi connectivity index (χ0v) is 12.2. The number of hydrogen-bond donors (Lipinski definition) is 2. The van der Waals surface area contributed by atoms with Crippen LogP contribution in [0.25, 0.3) is 0 Å². The second kappa shape index (κ2) is 6.35. The molecule has 2 rings (SSSR count). The number of thiazole rings is 1. The number of rotatable bonds is 4. The van der Waals surface area contributed by atoms with Crippen molar-refractivity contribution in [2.24, 2.45) is 0 Å². The van der Waals surface area contributed by atoms with Gasteiger partial charge in [-0.1, -0.05) is 12.2 Å². The number of carbonyl (C=O) groups is 1. The number of halogens is 3. The molecule has 4 nitrogen and oxygen atoms in total. The van der Waals surface area contributed by atoms with Gasteiger partial charge in [0, 0.05) is 24.5 Å². The number of aromatic nitrogens is 2. The molecule has 0 aliphatic carbocycles. The van der Waals surface area contributed by atoms with Crippen molar-refractivity contribution in [3.05, 3.63) is 44.6 Å². The number of nitrogens with one attached hydrogen (secondary N) is 2. The van der Waals surface area contributed by atoms with Gasteiger partial charge in [0.2, 0.25) is 0 Å². The molecular weight excluding hydrogens is 323 g/mol. The van der Waals surface area contributed by atoms with Crippen molar-refractivity contribution in [1.29, 1.82) is 0 Å². The van der Waals surface area contributed by atoms with Crippen LogP contribution in [0.15, 0.2) is 23.7 Å². The molecule has 2 heterocycles. The number of alkyl halides is 3. The molecule has 2 aromatic heterocycles. The van der Waals surface area contributed by atoms with Crippen molar-refractivity contribution in [3.63, 3.8) is 0 Å². The Bertz CT molecular complexity index is 693. The molecule has 0 bridgehead atoms.